The summed E-state index contributed by atoms with van der Waals surface area (Å²) in [5.41, 5.74) is 1.31. The van der Waals surface area contributed by atoms with E-state index >= 15 is 0 Å². The highest BCUT2D eigenvalue weighted by molar-refractivity contribution is 5.94. The Bertz CT molecular complexity index is 581. The molecule has 0 bridgehead atoms. The second-order valence-corrected chi connectivity index (χ2v) is 4.85. The number of benzene rings is 2. The second-order valence-electron chi connectivity index (χ2n) is 4.85. The third-order valence-corrected chi connectivity index (χ3v) is 3.33. The van der Waals surface area contributed by atoms with Crippen LogP contribution in [0.3, 0.4) is 0 Å². The molecular formula is C17H19NO3. The van der Waals surface area contributed by atoms with Crippen molar-refractivity contribution in [3.05, 3.63) is 65.7 Å². The molecule has 110 valence electrons. The van der Waals surface area contributed by atoms with Crippen LogP contribution in [-0.4, -0.2) is 24.2 Å². The number of methoxy groups -OCH3 is 1. The molecule has 0 fully saturated rings. The number of nitrogens with one attached hydrogen (secondary N) is 1. The van der Waals surface area contributed by atoms with E-state index in [0.717, 1.165) is 11.3 Å². The number of aliphatic hydroxyl groups excluding tert-OH is 1. The third-order valence-electron chi connectivity index (χ3n) is 3.33. The van der Waals surface area contributed by atoms with Gasteiger partial charge in [0.2, 0.25) is 0 Å². The Morgan fingerprint density at radius 1 is 1.10 bits per heavy atom. The van der Waals surface area contributed by atoms with Crippen LogP contribution in [0, 0.1) is 0 Å². The zero-order chi connectivity index (χ0) is 15.2. The number of carbonyl (C=O) groups excluding carboxylic acids is 1. The molecule has 4 heteroatoms. The summed E-state index contributed by atoms with van der Waals surface area (Å²) >= 11 is 0. The maximum atomic E-state index is 12.0. The lowest BCUT2D eigenvalue weighted by atomic mass is 10.0. The van der Waals surface area contributed by atoms with Gasteiger partial charge in [-0.05, 0) is 36.8 Å². The van der Waals surface area contributed by atoms with Crippen molar-refractivity contribution in [2.24, 2.45) is 0 Å². The van der Waals surface area contributed by atoms with Crippen molar-refractivity contribution in [3.63, 3.8) is 0 Å². The van der Waals surface area contributed by atoms with Crippen molar-refractivity contribution in [1.29, 1.82) is 0 Å². The molecular weight excluding hydrogens is 266 g/mol. The number of aliphatic hydroxyl groups is 1. The van der Waals surface area contributed by atoms with Gasteiger partial charge in [0.15, 0.2) is 0 Å². The summed E-state index contributed by atoms with van der Waals surface area (Å²) in [7, 11) is 1.59. The van der Waals surface area contributed by atoms with Crippen LogP contribution < -0.4 is 10.1 Å². The normalized spacial score (nSPS) is 13.3. The molecule has 0 spiro atoms. The smallest absolute Gasteiger partial charge is 0.251 e. The summed E-state index contributed by atoms with van der Waals surface area (Å²) in [4.78, 5) is 12.0. The minimum absolute atomic E-state index is 0.198. The molecule has 21 heavy (non-hydrogen) atoms. The molecule has 2 aromatic rings. The van der Waals surface area contributed by atoms with E-state index in [9.17, 15) is 9.90 Å². The molecule has 4 nitrogen and oxygen atoms in total. The van der Waals surface area contributed by atoms with Gasteiger partial charge in [-0.3, -0.25) is 4.79 Å². The summed E-state index contributed by atoms with van der Waals surface area (Å²) in [5, 5.41) is 13.1. The Labute approximate surface area is 124 Å². The van der Waals surface area contributed by atoms with E-state index in [1.807, 2.05) is 6.07 Å². The third kappa shape index (κ3) is 3.83. The monoisotopic (exact) mass is 285 g/mol. The highest BCUT2D eigenvalue weighted by Gasteiger charge is 2.19. The molecule has 2 aromatic carbocycles. The van der Waals surface area contributed by atoms with Crippen LogP contribution in [0.4, 0.5) is 0 Å². The molecule has 0 saturated heterocycles. The summed E-state index contributed by atoms with van der Waals surface area (Å²) in [5.74, 6) is 0.530. The molecule has 0 aliphatic rings. The zero-order valence-electron chi connectivity index (χ0n) is 12.1. The first-order valence-corrected chi connectivity index (χ1v) is 6.79. The Hall–Kier alpha value is -2.33. The predicted molar refractivity (Wildman–Crippen MR) is 81.3 cm³/mol. The molecule has 0 saturated carbocycles. The maximum Gasteiger partial charge on any atom is 0.251 e. The molecule has 0 radical (unpaired) electrons. The van der Waals surface area contributed by atoms with Gasteiger partial charge < -0.3 is 15.2 Å². The summed E-state index contributed by atoms with van der Waals surface area (Å²) in [6.45, 7) is 1.77. The van der Waals surface area contributed by atoms with Gasteiger partial charge in [-0.15, -0.1) is 0 Å². The van der Waals surface area contributed by atoms with E-state index in [0.29, 0.717) is 5.56 Å². The predicted octanol–water partition coefficient (Wildman–Crippen LogP) is 2.55. The van der Waals surface area contributed by atoms with Crippen molar-refractivity contribution in [1.82, 2.24) is 5.32 Å². The fourth-order valence-corrected chi connectivity index (χ4v) is 2.05. The number of carbonyl (C=O) groups is 1. The minimum atomic E-state index is -0.774. The highest BCUT2D eigenvalue weighted by Crippen LogP contribution is 2.20. The summed E-state index contributed by atoms with van der Waals surface area (Å²) in [6.07, 6.45) is -0.774. The van der Waals surface area contributed by atoms with Gasteiger partial charge in [0.05, 0.1) is 19.3 Å². The highest BCUT2D eigenvalue weighted by atomic mass is 16.5. The second kappa shape index (κ2) is 6.90. The molecule has 2 rings (SSSR count). The van der Waals surface area contributed by atoms with Crippen LogP contribution in [0.1, 0.15) is 28.9 Å². The number of ether oxygens (including phenoxy) is 1. The van der Waals surface area contributed by atoms with E-state index in [4.69, 9.17) is 4.74 Å². The van der Waals surface area contributed by atoms with Gasteiger partial charge in [-0.25, -0.2) is 0 Å². The number of rotatable bonds is 5. The van der Waals surface area contributed by atoms with Crippen molar-refractivity contribution in [2.75, 3.05) is 7.11 Å². The van der Waals surface area contributed by atoms with E-state index < -0.39 is 12.1 Å². The molecule has 0 unspecified atom stereocenters. The Morgan fingerprint density at radius 2 is 1.71 bits per heavy atom. The van der Waals surface area contributed by atoms with Gasteiger partial charge in [-0.1, -0.05) is 30.3 Å². The van der Waals surface area contributed by atoms with Crippen molar-refractivity contribution in [2.45, 2.75) is 19.1 Å². The molecule has 0 aromatic heterocycles. The molecule has 0 aliphatic carbocycles. The average Bonchev–Trinajstić information content (AvgIpc) is 2.55. The lowest BCUT2D eigenvalue weighted by molar-refractivity contribution is 0.0852. The topological polar surface area (TPSA) is 58.6 Å². The van der Waals surface area contributed by atoms with Crippen LogP contribution >= 0.6 is 0 Å². The quantitative estimate of drug-likeness (QED) is 0.887. The summed E-state index contributed by atoms with van der Waals surface area (Å²) < 4.78 is 5.08. The van der Waals surface area contributed by atoms with Crippen molar-refractivity contribution in [3.8, 4) is 5.75 Å². The van der Waals surface area contributed by atoms with E-state index in [1.54, 1.807) is 62.6 Å². The minimum Gasteiger partial charge on any atom is -0.497 e. The van der Waals surface area contributed by atoms with Crippen LogP contribution in [0.25, 0.3) is 0 Å². The van der Waals surface area contributed by atoms with Crippen LogP contribution in [0.15, 0.2) is 54.6 Å². The largest absolute Gasteiger partial charge is 0.497 e. The van der Waals surface area contributed by atoms with Crippen molar-refractivity contribution >= 4 is 5.91 Å². The maximum absolute atomic E-state index is 12.0. The van der Waals surface area contributed by atoms with E-state index in [-0.39, 0.29) is 5.91 Å². The molecule has 2 atom stereocenters. The van der Waals surface area contributed by atoms with Gasteiger partial charge in [-0.2, -0.15) is 0 Å². The average molecular weight is 285 g/mol. The van der Waals surface area contributed by atoms with Crippen molar-refractivity contribution < 1.29 is 14.6 Å². The van der Waals surface area contributed by atoms with Crippen LogP contribution in [-0.2, 0) is 0 Å². The zero-order valence-corrected chi connectivity index (χ0v) is 12.1. The Kier molecular flexibility index (Phi) is 4.95. The summed E-state index contributed by atoms with van der Waals surface area (Å²) in [6, 6.07) is 15.7. The SMILES string of the molecule is COc1ccc([C@H](O)[C@@H](C)NC(=O)c2ccccc2)cc1. The van der Waals surface area contributed by atoms with E-state index in [2.05, 4.69) is 5.32 Å². The number of hydrogen-bond acceptors (Lipinski definition) is 3. The van der Waals surface area contributed by atoms with Gasteiger partial charge in [0, 0.05) is 5.56 Å². The van der Waals surface area contributed by atoms with Crippen LogP contribution in [0.5, 0.6) is 5.75 Å². The molecule has 0 heterocycles. The van der Waals surface area contributed by atoms with Gasteiger partial charge in [0.1, 0.15) is 5.75 Å². The lowest BCUT2D eigenvalue weighted by Crippen LogP contribution is -2.37. The van der Waals surface area contributed by atoms with Crippen LogP contribution in [0.2, 0.25) is 0 Å². The Morgan fingerprint density at radius 3 is 2.29 bits per heavy atom. The fraction of sp³-hybridized carbons (Fsp3) is 0.235. The first-order valence-electron chi connectivity index (χ1n) is 6.79. The van der Waals surface area contributed by atoms with E-state index in [1.165, 1.54) is 0 Å². The Balaban J connectivity index is 2.01. The lowest BCUT2D eigenvalue weighted by Gasteiger charge is -2.21. The first-order chi connectivity index (χ1) is 10.1. The number of hydrogen-bond donors (Lipinski definition) is 2. The van der Waals surface area contributed by atoms with Gasteiger partial charge in [0.25, 0.3) is 5.91 Å². The molecule has 1 amide bonds. The molecule has 0 aliphatic heterocycles. The van der Waals surface area contributed by atoms with Gasteiger partial charge >= 0.3 is 0 Å². The number of amides is 1. The first kappa shape index (κ1) is 15.1. The molecule has 2 N–H and O–H groups in total. The fourth-order valence-electron chi connectivity index (χ4n) is 2.05. The standard InChI is InChI=1S/C17H19NO3/c1-12(18-17(20)14-6-4-3-5-7-14)16(19)13-8-10-15(21-2)11-9-13/h3-12,16,19H,1-2H3,(H,18,20)/t12-,16-/m1/s1.